The molecule has 0 aromatic heterocycles. The van der Waals surface area contributed by atoms with E-state index in [-0.39, 0.29) is 11.8 Å². The van der Waals surface area contributed by atoms with Crippen molar-refractivity contribution < 1.29 is 14.3 Å². The van der Waals surface area contributed by atoms with Crippen molar-refractivity contribution in [3.63, 3.8) is 0 Å². The predicted octanol–water partition coefficient (Wildman–Crippen LogP) is 3.11. The highest BCUT2D eigenvalue weighted by Crippen LogP contribution is 2.49. The molecule has 4 rings (SSSR count). The summed E-state index contributed by atoms with van der Waals surface area (Å²) >= 11 is 6.06. The van der Waals surface area contributed by atoms with Crippen LogP contribution in [0.1, 0.15) is 30.4 Å². The molecule has 0 radical (unpaired) electrons. The lowest BCUT2D eigenvalue weighted by Crippen LogP contribution is -2.64. The Morgan fingerprint density at radius 1 is 1.30 bits per heavy atom. The van der Waals surface area contributed by atoms with Gasteiger partial charge in [0, 0.05) is 23.9 Å². The summed E-state index contributed by atoms with van der Waals surface area (Å²) < 4.78 is 6.24. The van der Waals surface area contributed by atoms with Crippen molar-refractivity contribution in [3.8, 4) is 5.75 Å². The molecule has 2 bridgehead atoms. The highest BCUT2D eigenvalue weighted by atomic mass is 35.5. The van der Waals surface area contributed by atoms with Crippen LogP contribution in [-0.4, -0.2) is 29.0 Å². The van der Waals surface area contributed by atoms with Crippen molar-refractivity contribution in [2.24, 2.45) is 11.7 Å². The quantitative estimate of drug-likeness (QED) is 0.823. The molecule has 27 heavy (non-hydrogen) atoms. The lowest BCUT2D eigenvalue weighted by atomic mass is 9.73. The van der Waals surface area contributed by atoms with Crippen molar-refractivity contribution in [3.05, 3.63) is 64.7 Å². The molecule has 0 aliphatic carbocycles. The number of amides is 2. The number of hydrogen-bond donors (Lipinski definition) is 1. The van der Waals surface area contributed by atoms with Crippen LogP contribution >= 0.6 is 11.6 Å². The van der Waals surface area contributed by atoms with Crippen LogP contribution < -0.4 is 10.5 Å². The first kappa shape index (κ1) is 17.9. The van der Waals surface area contributed by atoms with Gasteiger partial charge in [0.05, 0.1) is 0 Å². The minimum absolute atomic E-state index is 0.257. The fourth-order valence-electron chi connectivity index (χ4n) is 4.31. The van der Waals surface area contributed by atoms with Gasteiger partial charge in [-0.15, -0.1) is 0 Å². The molecule has 5 nitrogen and oxygen atoms in total. The van der Waals surface area contributed by atoms with E-state index in [0.29, 0.717) is 30.2 Å². The maximum Gasteiger partial charge on any atom is 0.238 e. The van der Waals surface area contributed by atoms with Crippen LogP contribution in [0.15, 0.2) is 48.5 Å². The van der Waals surface area contributed by atoms with E-state index in [4.69, 9.17) is 22.1 Å². The first-order valence-corrected chi connectivity index (χ1v) is 9.40. The Morgan fingerprint density at radius 2 is 2.07 bits per heavy atom. The van der Waals surface area contributed by atoms with E-state index >= 15 is 0 Å². The average molecular weight is 385 g/mol. The second-order valence-electron chi connectivity index (χ2n) is 7.38. The molecule has 1 fully saturated rings. The van der Waals surface area contributed by atoms with E-state index in [2.05, 4.69) is 0 Å². The number of hydrogen-bond acceptors (Lipinski definition) is 3. The number of rotatable bonds is 4. The Hall–Kier alpha value is -2.53. The van der Waals surface area contributed by atoms with Gasteiger partial charge in [-0.05, 0) is 42.7 Å². The predicted molar refractivity (Wildman–Crippen MR) is 102 cm³/mol. The van der Waals surface area contributed by atoms with Gasteiger partial charge in [-0.1, -0.05) is 41.9 Å². The molecule has 2 aromatic rings. The summed E-state index contributed by atoms with van der Waals surface area (Å²) in [5.74, 6) is -1.27. The Labute approximate surface area is 163 Å². The van der Waals surface area contributed by atoms with E-state index in [1.54, 1.807) is 4.90 Å². The molecule has 2 aliphatic heterocycles. The zero-order valence-corrected chi connectivity index (χ0v) is 15.8. The monoisotopic (exact) mass is 384 g/mol. The number of likely N-dealkylation sites (tertiary alicyclic amines) is 1. The Morgan fingerprint density at radius 3 is 2.81 bits per heavy atom. The number of para-hydroxylation sites is 1. The molecule has 0 saturated carbocycles. The number of primary amides is 1. The van der Waals surface area contributed by atoms with Crippen molar-refractivity contribution in [1.29, 1.82) is 0 Å². The third kappa shape index (κ3) is 3.06. The molecule has 0 unspecified atom stereocenters. The van der Waals surface area contributed by atoms with Crippen LogP contribution in [0.5, 0.6) is 5.75 Å². The first-order chi connectivity index (χ1) is 12.9. The Bertz CT molecular complexity index is 916. The summed E-state index contributed by atoms with van der Waals surface area (Å²) in [5, 5.41) is 0.654. The largest absolute Gasteiger partial charge is 0.468 e. The third-order valence-corrected chi connectivity index (χ3v) is 5.81. The number of carbonyl (C=O) groups is 2. The summed E-state index contributed by atoms with van der Waals surface area (Å²) in [5.41, 5.74) is 6.73. The summed E-state index contributed by atoms with van der Waals surface area (Å²) in [6.07, 6.45) is 1.15. The van der Waals surface area contributed by atoms with Crippen LogP contribution in [0.25, 0.3) is 0 Å². The second-order valence-corrected chi connectivity index (χ2v) is 7.81. The van der Waals surface area contributed by atoms with E-state index in [1.807, 2.05) is 55.5 Å². The third-order valence-electron chi connectivity index (χ3n) is 5.57. The Kier molecular flexibility index (Phi) is 4.35. The van der Waals surface area contributed by atoms with Gasteiger partial charge in [-0.3, -0.25) is 9.59 Å². The van der Waals surface area contributed by atoms with Gasteiger partial charge in [0.1, 0.15) is 11.7 Å². The van der Waals surface area contributed by atoms with Gasteiger partial charge in [0.15, 0.2) is 5.72 Å². The fourth-order valence-corrected chi connectivity index (χ4v) is 4.53. The topological polar surface area (TPSA) is 72.6 Å². The molecule has 6 heteroatoms. The van der Waals surface area contributed by atoms with Crippen LogP contribution in [0, 0.1) is 5.92 Å². The molecular weight excluding hydrogens is 364 g/mol. The molecule has 2 aliphatic rings. The standard InChI is InChI=1S/C21H21ClN2O3/c1-21-12-16(15-7-2-3-8-17(15)27-21)18(19(23)25)20(26)24(21)10-9-13-5-4-6-14(22)11-13/h2-8,11,16,18H,9-10,12H2,1H3,(H2,23,25)/t16-,18-,21-/m0/s1. The first-order valence-electron chi connectivity index (χ1n) is 9.02. The number of nitrogens with two attached hydrogens (primary N) is 1. The smallest absolute Gasteiger partial charge is 0.238 e. The molecule has 1 saturated heterocycles. The zero-order chi connectivity index (χ0) is 19.2. The summed E-state index contributed by atoms with van der Waals surface area (Å²) in [6, 6.07) is 15.1. The van der Waals surface area contributed by atoms with Crippen molar-refractivity contribution in [2.75, 3.05) is 6.54 Å². The highest BCUT2D eigenvalue weighted by molar-refractivity contribution is 6.30. The van der Waals surface area contributed by atoms with Crippen molar-refractivity contribution >= 4 is 23.4 Å². The zero-order valence-electron chi connectivity index (χ0n) is 15.0. The minimum Gasteiger partial charge on any atom is -0.468 e. The van der Waals surface area contributed by atoms with E-state index in [0.717, 1.165) is 11.1 Å². The second kappa shape index (κ2) is 6.57. The van der Waals surface area contributed by atoms with Crippen LogP contribution in [0.4, 0.5) is 0 Å². The number of nitrogens with zero attached hydrogens (tertiary/aromatic N) is 1. The van der Waals surface area contributed by atoms with Crippen molar-refractivity contribution in [1.82, 2.24) is 4.90 Å². The summed E-state index contributed by atoms with van der Waals surface area (Å²) in [6.45, 7) is 2.33. The van der Waals surface area contributed by atoms with Gasteiger partial charge in [-0.2, -0.15) is 0 Å². The fraction of sp³-hybridized carbons (Fsp3) is 0.333. The van der Waals surface area contributed by atoms with Crippen LogP contribution in [0.2, 0.25) is 5.02 Å². The number of halogens is 1. The van der Waals surface area contributed by atoms with Crippen molar-refractivity contribution in [2.45, 2.75) is 31.4 Å². The maximum absolute atomic E-state index is 13.2. The van der Waals surface area contributed by atoms with Crippen LogP contribution in [-0.2, 0) is 16.0 Å². The number of benzene rings is 2. The number of fused-ring (bicyclic) bond motifs is 4. The van der Waals surface area contributed by atoms with Gasteiger partial charge >= 0.3 is 0 Å². The number of piperidine rings is 1. The van der Waals surface area contributed by atoms with E-state index in [1.165, 1.54) is 0 Å². The average Bonchev–Trinajstić information content (AvgIpc) is 2.61. The molecular formula is C21H21ClN2O3. The highest BCUT2D eigenvalue weighted by Gasteiger charge is 2.55. The molecule has 3 atom stereocenters. The lowest BCUT2D eigenvalue weighted by molar-refractivity contribution is -0.175. The molecule has 2 amide bonds. The van der Waals surface area contributed by atoms with E-state index < -0.39 is 17.6 Å². The van der Waals surface area contributed by atoms with Gasteiger partial charge in [0.25, 0.3) is 0 Å². The van der Waals surface area contributed by atoms with Gasteiger partial charge < -0.3 is 15.4 Å². The van der Waals surface area contributed by atoms with Crippen LogP contribution in [0.3, 0.4) is 0 Å². The molecule has 140 valence electrons. The summed E-state index contributed by atoms with van der Waals surface area (Å²) in [7, 11) is 0. The van der Waals surface area contributed by atoms with E-state index in [9.17, 15) is 9.59 Å². The number of carbonyl (C=O) groups excluding carboxylic acids is 2. The lowest BCUT2D eigenvalue weighted by Gasteiger charge is -2.52. The maximum atomic E-state index is 13.2. The summed E-state index contributed by atoms with van der Waals surface area (Å²) in [4.78, 5) is 27.0. The molecule has 0 spiro atoms. The molecule has 2 heterocycles. The normalized spacial score (nSPS) is 26.3. The minimum atomic E-state index is -0.873. The molecule has 2 aromatic carbocycles. The molecule has 2 N–H and O–H groups in total. The Balaban J connectivity index is 1.68. The number of ether oxygens (including phenoxy) is 1. The van der Waals surface area contributed by atoms with Gasteiger partial charge in [-0.25, -0.2) is 0 Å². The van der Waals surface area contributed by atoms with Gasteiger partial charge in [0.2, 0.25) is 11.8 Å². The SMILES string of the molecule is C[C@@]12C[C@@H](c3ccccc3O1)[C@@H](C(N)=O)C(=O)N2CCc1cccc(Cl)c1.